The summed E-state index contributed by atoms with van der Waals surface area (Å²) in [5.41, 5.74) is 2.19. The van der Waals surface area contributed by atoms with Crippen molar-refractivity contribution >= 4 is 28.4 Å². The average Bonchev–Trinajstić information content (AvgIpc) is 3.49. The van der Waals surface area contributed by atoms with E-state index in [1.54, 1.807) is 12.4 Å². The minimum absolute atomic E-state index is 0.0788. The average molecular weight is 412 g/mol. The number of benzene rings is 1. The maximum absolute atomic E-state index is 14.5. The van der Waals surface area contributed by atoms with Gasteiger partial charge in [0.25, 0.3) is 0 Å². The molecule has 2 aliphatic heterocycles. The number of halogens is 2. The molecule has 0 spiro atoms. The number of amides is 2. The van der Waals surface area contributed by atoms with E-state index in [9.17, 15) is 13.6 Å². The molecule has 7 nitrogen and oxygen atoms in total. The van der Waals surface area contributed by atoms with Crippen LogP contribution in [0.2, 0.25) is 0 Å². The van der Waals surface area contributed by atoms with E-state index in [1.165, 1.54) is 40.6 Å². The molecule has 1 unspecified atom stereocenters. The summed E-state index contributed by atoms with van der Waals surface area (Å²) in [6, 6.07) is 5.90. The molecule has 2 aliphatic rings. The Balaban J connectivity index is 1.41. The Kier molecular flexibility index (Phi) is 4.72. The zero-order valence-electron chi connectivity index (χ0n) is 16.4. The van der Waals surface area contributed by atoms with E-state index in [-0.39, 0.29) is 12.2 Å². The molecular weight excluding hydrogens is 390 g/mol. The molecule has 2 aromatic heterocycles. The summed E-state index contributed by atoms with van der Waals surface area (Å²) in [5, 5.41) is 7.92. The fraction of sp³-hybridized carbons (Fsp3) is 0.381. The molecule has 30 heavy (non-hydrogen) atoms. The summed E-state index contributed by atoms with van der Waals surface area (Å²) in [6.45, 7) is 2.47. The van der Waals surface area contributed by atoms with Crippen molar-refractivity contribution in [1.29, 1.82) is 0 Å². The van der Waals surface area contributed by atoms with E-state index in [0.29, 0.717) is 24.3 Å². The molecule has 0 radical (unpaired) electrons. The molecule has 1 N–H and O–H groups in total. The largest absolute Gasteiger partial charge is 0.370 e. The van der Waals surface area contributed by atoms with Gasteiger partial charge < -0.3 is 15.1 Å². The van der Waals surface area contributed by atoms with Gasteiger partial charge in [-0.25, -0.2) is 23.2 Å². The number of rotatable bonds is 3. The third kappa shape index (κ3) is 3.55. The lowest BCUT2D eigenvalue weighted by atomic mass is 10.2. The van der Waals surface area contributed by atoms with Crippen molar-refractivity contribution in [3.63, 3.8) is 0 Å². The number of pyridine rings is 1. The summed E-state index contributed by atoms with van der Waals surface area (Å²) in [6.07, 6.45) is 5.23. The van der Waals surface area contributed by atoms with Gasteiger partial charge in [-0.2, -0.15) is 0 Å². The molecule has 9 heteroatoms. The van der Waals surface area contributed by atoms with Gasteiger partial charge in [0.15, 0.2) is 5.65 Å². The fourth-order valence-corrected chi connectivity index (χ4v) is 4.05. The Labute approximate surface area is 172 Å². The van der Waals surface area contributed by atoms with Gasteiger partial charge in [0.2, 0.25) is 0 Å². The number of hydrogen-bond donors (Lipinski definition) is 1. The Morgan fingerprint density at radius 3 is 2.77 bits per heavy atom. The first-order chi connectivity index (χ1) is 14.6. The van der Waals surface area contributed by atoms with E-state index in [0.717, 1.165) is 24.2 Å². The zero-order valence-corrected chi connectivity index (χ0v) is 16.4. The number of anilines is 2. The second-order valence-corrected chi connectivity index (χ2v) is 7.80. The van der Waals surface area contributed by atoms with Crippen LogP contribution >= 0.6 is 0 Å². The first-order valence-electron chi connectivity index (χ1n) is 10.2. The van der Waals surface area contributed by atoms with Crippen molar-refractivity contribution in [1.82, 2.24) is 19.7 Å². The van der Waals surface area contributed by atoms with Gasteiger partial charge in [0.05, 0.1) is 18.4 Å². The molecule has 0 bridgehead atoms. The highest BCUT2D eigenvalue weighted by Gasteiger charge is 2.26. The van der Waals surface area contributed by atoms with Crippen LogP contribution in [0.4, 0.5) is 25.0 Å². The monoisotopic (exact) mass is 412 g/mol. The molecule has 2 saturated heterocycles. The number of fused-ring (bicyclic) bond motifs is 1. The first-order valence-corrected chi connectivity index (χ1v) is 10.2. The molecule has 0 saturated carbocycles. The van der Waals surface area contributed by atoms with Crippen LogP contribution in [0.15, 0.2) is 36.7 Å². The number of likely N-dealkylation sites (tertiary alicyclic amines) is 1. The molecule has 1 atom stereocenters. The molecule has 0 aliphatic carbocycles. The lowest BCUT2D eigenvalue weighted by Crippen LogP contribution is -2.33. The summed E-state index contributed by atoms with van der Waals surface area (Å²) in [5.74, 6) is -0.467. The van der Waals surface area contributed by atoms with Crippen LogP contribution < -0.4 is 10.2 Å². The van der Waals surface area contributed by atoms with Crippen LogP contribution in [0.3, 0.4) is 0 Å². The van der Waals surface area contributed by atoms with Gasteiger partial charge in [0, 0.05) is 36.9 Å². The molecule has 5 rings (SSSR count). The van der Waals surface area contributed by atoms with Crippen molar-refractivity contribution in [2.24, 2.45) is 0 Å². The minimum Gasteiger partial charge on any atom is -0.370 e. The zero-order chi connectivity index (χ0) is 20.7. The predicted molar refractivity (Wildman–Crippen MR) is 110 cm³/mol. The smallest absolute Gasteiger partial charge is 0.321 e. The quantitative estimate of drug-likeness (QED) is 0.712. The molecular formula is C21H22F2N6O. The number of carbonyl (C=O) groups excluding carboxylic acids is 1. The van der Waals surface area contributed by atoms with E-state index >= 15 is 0 Å². The van der Waals surface area contributed by atoms with Crippen molar-refractivity contribution in [3.8, 4) is 5.69 Å². The first kappa shape index (κ1) is 18.8. The molecule has 2 fully saturated rings. The third-order valence-corrected chi connectivity index (χ3v) is 5.68. The molecule has 1 aromatic carbocycles. The molecule has 2 amide bonds. The highest BCUT2D eigenvalue weighted by atomic mass is 19.1. The molecule has 3 aromatic rings. The number of hydrogen-bond acceptors (Lipinski definition) is 4. The highest BCUT2D eigenvalue weighted by molar-refractivity contribution is 5.90. The van der Waals surface area contributed by atoms with Crippen molar-refractivity contribution in [2.45, 2.75) is 25.4 Å². The lowest BCUT2D eigenvalue weighted by molar-refractivity contribution is 0.218. The maximum atomic E-state index is 14.5. The van der Waals surface area contributed by atoms with Crippen LogP contribution in [0.5, 0.6) is 0 Å². The Hall–Kier alpha value is -3.23. The van der Waals surface area contributed by atoms with Crippen molar-refractivity contribution in [2.75, 3.05) is 36.4 Å². The lowest BCUT2D eigenvalue weighted by Gasteiger charge is -2.16. The van der Waals surface area contributed by atoms with E-state index in [4.69, 9.17) is 0 Å². The normalized spacial score (nSPS) is 19.1. The van der Waals surface area contributed by atoms with Gasteiger partial charge in [-0.1, -0.05) is 0 Å². The summed E-state index contributed by atoms with van der Waals surface area (Å²) in [4.78, 5) is 20.4. The third-order valence-electron chi connectivity index (χ3n) is 5.68. The van der Waals surface area contributed by atoms with Crippen LogP contribution in [0, 0.1) is 5.82 Å². The van der Waals surface area contributed by atoms with Crippen LogP contribution in [-0.4, -0.2) is 58.0 Å². The maximum Gasteiger partial charge on any atom is 0.321 e. The van der Waals surface area contributed by atoms with Crippen LogP contribution in [0.1, 0.15) is 19.3 Å². The van der Waals surface area contributed by atoms with Gasteiger partial charge in [0.1, 0.15) is 17.7 Å². The van der Waals surface area contributed by atoms with Gasteiger partial charge in [-0.05, 0) is 43.5 Å². The SMILES string of the molecule is O=C(Nc1ccc(F)c(-n2cc3cc(N4CCCC4)cnc3n2)c1)N1CCC(F)C1. The Morgan fingerprint density at radius 2 is 2.00 bits per heavy atom. The van der Waals surface area contributed by atoms with Crippen molar-refractivity contribution in [3.05, 3.63) is 42.5 Å². The van der Waals surface area contributed by atoms with E-state index in [1.807, 2.05) is 6.07 Å². The molecule has 156 valence electrons. The van der Waals surface area contributed by atoms with Gasteiger partial charge in [-0.3, -0.25) is 0 Å². The second-order valence-electron chi connectivity index (χ2n) is 7.80. The number of carbonyl (C=O) groups is 1. The number of aromatic nitrogens is 3. The number of nitrogens with one attached hydrogen (secondary N) is 1. The summed E-state index contributed by atoms with van der Waals surface area (Å²) >= 11 is 0. The minimum atomic E-state index is -0.992. The number of urea groups is 1. The highest BCUT2D eigenvalue weighted by Crippen LogP contribution is 2.25. The standard InChI is InChI=1S/C21H22F2N6O/c22-15-5-8-28(13-15)21(30)25-16-3-4-18(23)19(10-16)29-12-14-9-17(11-24-20(14)26-29)27-6-1-2-7-27/h3-4,9-12,15H,1-2,5-8,13H2,(H,25,30). The Morgan fingerprint density at radius 1 is 1.17 bits per heavy atom. The number of nitrogens with zero attached hydrogens (tertiary/aromatic N) is 5. The van der Waals surface area contributed by atoms with Crippen molar-refractivity contribution < 1.29 is 13.6 Å². The molecule has 4 heterocycles. The predicted octanol–water partition coefficient (Wildman–Crippen LogP) is 3.74. The van der Waals surface area contributed by atoms with Gasteiger partial charge in [-0.15, -0.1) is 5.10 Å². The van der Waals surface area contributed by atoms with Crippen LogP contribution in [0.25, 0.3) is 16.7 Å². The number of alkyl halides is 1. The summed E-state index contributed by atoms with van der Waals surface area (Å²) < 4.78 is 29.3. The van der Waals surface area contributed by atoms with E-state index in [2.05, 4.69) is 20.3 Å². The second kappa shape index (κ2) is 7.55. The Bertz CT molecular complexity index is 1090. The topological polar surface area (TPSA) is 66.3 Å². The van der Waals surface area contributed by atoms with Crippen LogP contribution in [-0.2, 0) is 0 Å². The summed E-state index contributed by atoms with van der Waals surface area (Å²) in [7, 11) is 0. The fourth-order valence-electron chi connectivity index (χ4n) is 4.05. The van der Waals surface area contributed by atoms with E-state index < -0.39 is 18.0 Å². The van der Waals surface area contributed by atoms with Gasteiger partial charge >= 0.3 is 6.03 Å².